The number of urea groups is 1. The number of benzene rings is 1. The van der Waals surface area contributed by atoms with Gasteiger partial charge in [0.25, 0.3) is 0 Å². The van der Waals surface area contributed by atoms with Crippen LogP contribution in [0.1, 0.15) is 18.9 Å². The molecule has 0 aliphatic carbocycles. The molecule has 0 heterocycles. The van der Waals surface area contributed by atoms with E-state index in [2.05, 4.69) is 10.6 Å². The summed E-state index contributed by atoms with van der Waals surface area (Å²) in [5.74, 6) is -0.961. The zero-order valence-electron chi connectivity index (χ0n) is 10.2. The summed E-state index contributed by atoms with van der Waals surface area (Å²) in [6.07, 6.45) is -0.130. The van der Waals surface area contributed by atoms with Gasteiger partial charge in [-0.25, -0.2) is 4.79 Å². The number of hydrogen-bond acceptors (Lipinski definition) is 2. The van der Waals surface area contributed by atoms with E-state index >= 15 is 0 Å². The first kappa shape index (κ1) is 14.3. The Labute approximate surface area is 110 Å². The molecule has 0 saturated carbocycles. The first-order valence-electron chi connectivity index (χ1n) is 5.44. The normalized spacial score (nSPS) is 11.7. The van der Waals surface area contributed by atoms with E-state index in [0.29, 0.717) is 10.7 Å². The molecule has 0 spiro atoms. The molecule has 0 aromatic heterocycles. The predicted molar refractivity (Wildman–Crippen MR) is 70.1 cm³/mol. The number of carboxylic acids is 1. The highest BCUT2D eigenvalue weighted by Crippen LogP contribution is 2.24. The molecule has 0 saturated heterocycles. The summed E-state index contributed by atoms with van der Waals surface area (Å²) in [6.45, 7) is 3.44. The molecule has 1 atom stereocenters. The number of para-hydroxylation sites is 1. The number of carboxylic acid groups (broad SMARTS) is 1. The number of carbonyl (C=O) groups is 2. The fourth-order valence-corrected chi connectivity index (χ4v) is 1.75. The van der Waals surface area contributed by atoms with E-state index in [1.165, 1.54) is 0 Å². The third-order valence-corrected chi connectivity index (χ3v) is 2.63. The van der Waals surface area contributed by atoms with Gasteiger partial charge in [-0.3, -0.25) is 4.79 Å². The minimum Gasteiger partial charge on any atom is -0.481 e. The van der Waals surface area contributed by atoms with Crippen LogP contribution in [0.4, 0.5) is 10.5 Å². The second-order valence-electron chi connectivity index (χ2n) is 4.03. The maximum atomic E-state index is 11.6. The van der Waals surface area contributed by atoms with Gasteiger partial charge in [0, 0.05) is 6.04 Å². The van der Waals surface area contributed by atoms with E-state index in [1.807, 2.05) is 13.0 Å². The lowest BCUT2D eigenvalue weighted by Crippen LogP contribution is -2.37. The molecule has 18 heavy (non-hydrogen) atoms. The van der Waals surface area contributed by atoms with Gasteiger partial charge >= 0.3 is 12.0 Å². The number of nitrogens with one attached hydrogen (secondary N) is 2. The van der Waals surface area contributed by atoms with Gasteiger partial charge in [-0.15, -0.1) is 0 Å². The molecule has 1 unspecified atom stereocenters. The SMILES string of the molecule is Cc1cccc(Cl)c1NC(=O)NC(C)CC(=O)O. The zero-order chi connectivity index (χ0) is 13.7. The second kappa shape index (κ2) is 6.26. The summed E-state index contributed by atoms with van der Waals surface area (Å²) in [4.78, 5) is 22.1. The van der Waals surface area contributed by atoms with Crippen LogP contribution in [0.3, 0.4) is 0 Å². The van der Waals surface area contributed by atoms with Gasteiger partial charge in [0.15, 0.2) is 0 Å². The molecule has 1 aromatic rings. The van der Waals surface area contributed by atoms with E-state index in [4.69, 9.17) is 16.7 Å². The van der Waals surface area contributed by atoms with Crippen molar-refractivity contribution in [2.24, 2.45) is 0 Å². The molecular weight excluding hydrogens is 256 g/mol. The van der Waals surface area contributed by atoms with Crippen molar-refractivity contribution in [1.82, 2.24) is 5.32 Å². The molecule has 0 fully saturated rings. The smallest absolute Gasteiger partial charge is 0.319 e. The number of carbonyl (C=O) groups excluding carboxylic acids is 1. The molecule has 2 amide bonds. The van der Waals surface area contributed by atoms with E-state index in [0.717, 1.165) is 5.56 Å². The Morgan fingerprint density at radius 1 is 1.44 bits per heavy atom. The maximum absolute atomic E-state index is 11.6. The van der Waals surface area contributed by atoms with Gasteiger partial charge in [0.05, 0.1) is 17.1 Å². The van der Waals surface area contributed by atoms with Gasteiger partial charge < -0.3 is 15.7 Å². The van der Waals surface area contributed by atoms with E-state index in [-0.39, 0.29) is 6.42 Å². The third-order valence-electron chi connectivity index (χ3n) is 2.32. The number of aliphatic carboxylic acids is 1. The minimum absolute atomic E-state index is 0.130. The Hall–Kier alpha value is -1.75. The number of halogens is 1. The fraction of sp³-hybridized carbons (Fsp3) is 0.333. The zero-order valence-corrected chi connectivity index (χ0v) is 10.9. The van der Waals surface area contributed by atoms with E-state index in [1.54, 1.807) is 19.1 Å². The van der Waals surface area contributed by atoms with Gasteiger partial charge in [0.2, 0.25) is 0 Å². The Kier molecular flexibility index (Phi) is 4.97. The van der Waals surface area contributed by atoms with Crippen LogP contribution in [0.25, 0.3) is 0 Å². The van der Waals surface area contributed by atoms with Crippen LogP contribution >= 0.6 is 11.6 Å². The molecular formula is C12H15ClN2O3. The summed E-state index contributed by atoms with van der Waals surface area (Å²) < 4.78 is 0. The van der Waals surface area contributed by atoms with E-state index in [9.17, 15) is 9.59 Å². The second-order valence-corrected chi connectivity index (χ2v) is 4.44. The average molecular weight is 271 g/mol. The molecule has 3 N–H and O–H groups in total. The number of hydrogen-bond donors (Lipinski definition) is 3. The molecule has 0 aliphatic heterocycles. The molecule has 0 bridgehead atoms. The first-order valence-corrected chi connectivity index (χ1v) is 5.82. The fourth-order valence-electron chi connectivity index (χ4n) is 1.48. The van der Waals surface area contributed by atoms with Crippen molar-refractivity contribution >= 4 is 29.3 Å². The van der Waals surface area contributed by atoms with Gasteiger partial charge in [-0.1, -0.05) is 23.7 Å². The van der Waals surface area contributed by atoms with E-state index < -0.39 is 18.0 Å². The summed E-state index contributed by atoms with van der Waals surface area (Å²) in [5.41, 5.74) is 1.36. The topological polar surface area (TPSA) is 78.4 Å². The van der Waals surface area contributed by atoms with Crippen molar-refractivity contribution in [2.45, 2.75) is 26.3 Å². The Morgan fingerprint density at radius 2 is 2.11 bits per heavy atom. The Morgan fingerprint density at radius 3 is 2.67 bits per heavy atom. The van der Waals surface area contributed by atoms with Crippen LogP contribution in [0, 0.1) is 6.92 Å². The lowest BCUT2D eigenvalue weighted by Gasteiger charge is -2.14. The molecule has 1 aromatic carbocycles. The van der Waals surface area contributed by atoms with Crippen LogP contribution in [0.2, 0.25) is 5.02 Å². The van der Waals surface area contributed by atoms with Crippen LogP contribution < -0.4 is 10.6 Å². The van der Waals surface area contributed by atoms with Crippen molar-refractivity contribution < 1.29 is 14.7 Å². The lowest BCUT2D eigenvalue weighted by atomic mass is 10.2. The predicted octanol–water partition coefficient (Wildman–Crippen LogP) is 2.63. The number of anilines is 1. The largest absolute Gasteiger partial charge is 0.481 e. The summed E-state index contributed by atoms with van der Waals surface area (Å²) in [7, 11) is 0. The van der Waals surface area contributed by atoms with Crippen LogP contribution in [-0.4, -0.2) is 23.1 Å². The van der Waals surface area contributed by atoms with Crippen molar-refractivity contribution in [1.29, 1.82) is 0 Å². The molecule has 0 radical (unpaired) electrons. The van der Waals surface area contributed by atoms with Crippen LogP contribution in [-0.2, 0) is 4.79 Å². The quantitative estimate of drug-likeness (QED) is 0.787. The molecule has 5 nitrogen and oxygen atoms in total. The highest BCUT2D eigenvalue weighted by Gasteiger charge is 2.12. The standard InChI is InChI=1S/C12H15ClN2O3/c1-7-4-3-5-9(13)11(7)15-12(18)14-8(2)6-10(16)17/h3-5,8H,6H2,1-2H3,(H,16,17)(H2,14,15,18). The molecule has 1 rings (SSSR count). The molecule has 6 heteroatoms. The van der Waals surface area contributed by atoms with Crippen molar-refractivity contribution in [3.8, 4) is 0 Å². The van der Waals surface area contributed by atoms with Gasteiger partial charge in [-0.05, 0) is 25.5 Å². The average Bonchev–Trinajstić information content (AvgIpc) is 2.22. The molecule has 0 aliphatic rings. The Balaban J connectivity index is 2.62. The van der Waals surface area contributed by atoms with Crippen LogP contribution in [0.15, 0.2) is 18.2 Å². The third kappa shape index (κ3) is 4.25. The highest BCUT2D eigenvalue weighted by atomic mass is 35.5. The van der Waals surface area contributed by atoms with Gasteiger partial charge in [0.1, 0.15) is 0 Å². The first-order chi connectivity index (χ1) is 8.40. The maximum Gasteiger partial charge on any atom is 0.319 e. The highest BCUT2D eigenvalue weighted by molar-refractivity contribution is 6.33. The van der Waals surface area contributed by atoms with Crippen LogP contribution in [0.5, 0.6) is 0 Å². The lowest BCUT2D eigenvalue weighted by molar-refractivity contribution is -0.137. The summed E-state index contributed by atoms with van der Waals surface area (Å²) in [5, 5.41) is 14.2. The number of rotatable bonds is 4. The number of aryl methyl sites for hydroxylation is 1. The Bertz CT molecular complexity index is 442. The van der Waals surface area contributed by atoms with Crippen molar-refractivity contribution in [3.63, 3.8) is 0 Å². The number of amides is 2. The molecule has 98 valence electrons. The van der Waals surface area contributed by atoms with Crippen molar-refractivity contribution in [2.75, 3.05) is 5.32 Å². The van der Waals surface area contributed by atoms with Gasteiger partial charge in [-0.2, -0.15) is 0 Å². The summed E-state index contributed by atoms with van der Waals surface area (Å²) >= 11 is 5.96. The minimum atomic E-state index is -0.961. The monoisotopic (exact) mass is 270 g/mol. The van der Waals surface area contributed by atoms with Crippen molar-refractivity contribution in [3.05, 3.63) is 28.8 Å². The summed E-state index contributed by atoms with van der Waals surface area (Å²) in [6, 6.07) is 4.35.